The molecule has 0 atom stereocenters. The Kier molecular flexibility index (Phi) is 2.93. The summed E-state index contributed by atoms with van der Waals surface area (Å²) in [5, 5.41) is 9.67. The largest absolute Gasteiger partial charge is 0.507 e. The van der Waals surface area contributed by atoms with E-state index in [1.165, 1.54) is 0 Å². The minimum Gasteiger partial charge on any atom is -0.507 e. The molecule has 0 saturated carbocycles. The lowest BCUT2D eigenvalue weighted by Gasteiger charge is -1.99. The fourth-order valence-corrected chi connectivity index (χ4v) is 1.47. The number of phenolic OH excluding ortho intramolecular Hbond substituents is 1. The van der Waals surface area contributed by atoms with Crippen molar-refractivity contribution in [2.24, 2.45) is 0 Å². The molecular weight excluding hydrogens is 196 g/mol. The van der Waals surface area contributed by atoms with Gasteiger partial charge in [0.05, 0.1) is 5.56 Å². The van der Waals surface area contributed by atoms with Crippen LogP contribution in [0, 0.1) is 18.8 Å². The van der Waals surface area contributed by atoms with Crippen molar-refractivity contribution in [2.45, 2.75) is 6.92 Å². The molecule has 1 N–H and O–H groups in total. The van der Waals surface area contributed by atoms with Crippen LogP contribution in [0.4, 0.5) is 0 Å². The van der Waals surface area contributed by atoms with Crippen LogP contribution in [0.5, 0.6) is 5.75 Å². The van der Waals surface area contributed by atoms with Gasteiger partial charge in [-0.25, -0.2) is 0 Å². The second-order valence-corrected chi connectivity index (χ2v) is 3.59. The Hall–Kier alpha value is -2.20. The second kappa shape index (κ2) is 4.55. The molecule has 0 amide bonds. The number of hydrogen-bond donors (Lipinski definition) is 1. The monoisotopic (exact) mass is 208 g/mol. The molecule has 0 bridgehead atoms. The molecule has 2 aromatic rings. The fourth-order valence-electron chi connectivity index (χ4n) is 1.47. The minimum atomic E-state index is 0.239. The van der Waals surface area contributed by atoms with E-state index in [1.807, 2.05) is 49.4 Å². The molecule has 0 unspecified atom stereocenters. The quantitative estimate of drug-likeness (QED) is 0.659. The highest BCUT2D eigenvalue weighted by molar-refractivity contribution is 5.52. The van der Waals surface area contributed by atoms with Crippen LogP contribution in [0.3, 0.4) is 0 Å². The Balaban J connectivity index is 2.39. The minimum absolute atomic E-state index is 0.239. The standard InChI is InChI=1S/C15H12O/c1-12-6-5-9-15(16)14(12)11-10-13-7-3-2-4-8-13/h2-9,16H,1H3. The Morgan fingerprint density at radius 3 is 2.31 bits per heavy atom. The smallest absolute Gasteiger partial charge is 0.131 e. The van der Waals surface area contributed by atoms with Gasteiger partial charge in [-0.3, -0.25) is 0 Å². The van der Waals surface area contributed by atoms with Crippen molar-refractivity contribution in [1.29, 1.82) is 0 Å². The van der Waals surface area contributed by atoms with E-state index < -0.39 is 0 Å². The van der Waals surface area contributed by atoms with Crippen LogP contribution in [-0.2, 0) is 0 Å². The normalized spacial score (nSPS) is 9.31. The van der Waals surface area contributed by atoms with Gasteiger partial charge in [-0.05, 0) is 30.7 Å². The zero-order chi connectivity index (χ0) is 11.4. The summed E-state index contributed by atoms with van der Waals surface area (Å²) in [6.07, 6.45) is 0. The van der Waals surface area contributed by atoms with E-state index in [0.29, 0.717) is 5.56 Å². The van der Waals surface area contributed by atoms with Crippen LogP contribution in [0.2, 0.25) is 0 Å². The van der Waals surface area contributed by atoms with Gasteiger partial charge in [0.15, 0.2) is 0 Å². The van der Waals surface area contributed by atoms with E-state index in [9.17, 15) is 5.11 Å². The van der Waals surface area contributed by atoms with Gasteiger partial charge < -0.3 is 5.11 Å². The van der Waals surface area contributed by atoms with E-state index >= 15 is 0 Å². The average molecular weight is 208 g/mol. The Morgan fingerprint density at radius 1 is 0.875 bits per heavy atom. The lowest BCUT2D eigenvalue weighted by atomic mass is 10.1. The van der Waals surface area contributed by atoms with Crippen LogP contribution >= 0.6 is 0 Å². The Bertz CT molecular complexity index is 524. The van der Waals surface area contributed by atoms with Gasteiger partial charge in [-0.2, -0.15) is 0 Å². The van der Waals surface area contributed by atoms with Gasteiger partial charge in [0.1, 0.15) is 5.75 Å². The number of benzene rings is 2. The van der Waals surface area contributed by atoms with Crippen molar-refractivity contribution < 1.29 is 5.11 Å². The Morgan fingerprint density at radius 2 is 1.62 bits per heavy atom. The second-order valence-electron chi connectivity index (χ2n) is 3.59. The van der Waals surface area contributed by atoms with Crippen LogP contribution < -0.4 is 0 Å². The summed E-state index contributed by atoms with van der Waals surface area (Å²) < 4.78 is 0. The third-order valence-corrected chi connectivity index (χ3v) is 2.36. The first-order valence-corrected chi connectivity index (χ1v) is 5.13. The molecule has 2 aromatic carbocycles. The zero-order valence-electron chi connectivity index (χ0n) is 9.07. The number of aryl methyl sites for hydroxylation is 1. The van der Waals surface area contributed by atoms with Crippen molar-refractivity contribution in [3.05, 3.63) is 65.2 Å². The lowest BCUT2D eigenvalue weighted by molar-refractivity contribution is 0.473. The maximum absolute atomic E-state index is 9.67. The van der Waals surface area contributed by atoms with Crippen molar-refractivity contribution in [1.82, 2.24) is 0 Å². The number of rotatable bonds is 0. The van der Waals surface area contributed by atoms with E-state index in [4.69, 9.17) is 0 Å². The van der Waals surface area contributed by atoms with Gasteiger partial charge >= 0.3 is 0 Å². The summed E-state index contributed by atoms with van der Waals surface area (Å²) >= 11 is 0. The molecule has 0 heterocycles. The molecule has 1 nitrogen and oxygen atoms in total. The van der Waals surface area contributed by atoms with Crippen LogP contribution in [0.15, 0.2) is 48.5 Å². The summed E-state index contributed by atoms with van der Waals surface area (Å²) in [6, 6.07) is 15.2. The number of phenols is 1. The van der Waals surface area contributed by atoms with Crippen molar-refractivity contribution in [3.63, 3.8) is 0 Å². The van der Waals surface area contributed by atoms with Crippen LogP contribution in [-0.4, -0.2) is 5.11 Å². The SMILES string of the molecule is Cc1cccc(O)c1C#Cc1ccccc1. The van der Waals surface area contributed by atoms with Crippen LogP contribution in [0.25, 0.3) is 0 Å². The molecule has 1 heteroatoms. The first-order chi connectivity index (χ1) is 7.77. The molecule has 2 rings (SSSR count). The summed E-state index contributed by atoms with van der Waals surface area (Å²) in [4.78, 5) is 0. The van der Waals surface area contributed by atoms with Crippen molar-refractivity contribution in [3.8, 4) is 17.6 Å². The third kappa shape index (κ3) is 2.24. The molecule has 0 spiro atoms. The molecule has 0 aliphatic heterocycles. The molecule has 78 valence electrons. The van der Waals surface area contributed by atoms with Gasteiger partial charge in [0.25, 0.3) is 0 Å². The number of aromatic hydroxyl groups is 1. The molecule has 0 aliphatic rings. The predicted molar refractivity (Wildman–Crippen MR) is 65.3 cm³/mol. The maximum Gasteiger partial charge on any atom is 0.131 e. The maximum atomic E-state index is 9.67. The lowest BCUT2D eigenvalue weighted by Crippen LogP contribution is -1.82. The highest BCUT2D eigenvalue weighted by Gasteiger charge is 1.99. The molecule has 0 fully saturated rings. The van der Waals surface area contributed by atoms with E-state index in [2.05, 4.69) is 11.8 Å². The van der Waals surface area contributed by atoms with Crippen LogP contribution in [0.1, 0.15) is 16.7 Å². The van der Waals surface area contributed by atoms with Gasteiger partial charge in [0.2, 0.25) is 0 Å². The molecule has 0 radical (unpaired) electrons. The summed E-state index contributed by atoms with van der Waals surface area (Å²) in [5.74, 6) is 6.27. The van der Waals surface area contributed by atoms with Crippen molar-refractivity contribution >= 4 is 0 Å². The summed E-state index contributed by atoms with van der Waals surface area (Å²) in [7, 11) is 0. The summed E-state index contributed by atoms with van der Waals surface area (Å²) in [6.45, 7) is 1.94. The molecule has 0 aromatic heterocycles. The summed E-state index contributed by atoms with van der Waals surface area (Å²) in [5.41, 5.74) is 2.64. The number of hydrogen-bond acceptors (Lipinski definition) is 1. The first-order valence-electron chi connectivity index (χ1n) is 5.13. The topological polar surface area (TPSA) is 20.2 Å². The molecule has 16 heavy (non-hydrogen) atoms. The predicted octanol–water partition coefficient (Wildman–Crippen LogP) is 3.10. The van der Waals surface area contributed by atoms with Gasteiger partial charge in [-0.1, -0.05) is 42.2 Å². The molecule has 0 saturated heterocycles. The third-order valence-electron chi connectivity index (χ3n) is 2.36. The average Bonchev–Trinajstić information content (AvgIpc) is 2.30. The van der Waals surface area contributed by atoms with E-state index in [-0.39, 0.29) is 5.75 Å². The van der Waals surface area contributed by atoms with E-state index in [0.717, 1.165) is 11.1 Å². The molecule has 0 aliphatic carbocycles. The van der Waals surface area contributed by atoms with Crippen molar-refractivity contribution in [2.75, 3.05) is 0 Å². The van der Waals surface area contributed by atoms with Gasteiger partial charge in [-0.15, -0.1) is 0 Å². The Labute approximate surface area is 95.4 Å². The van der Waals surface area contributed by atoms with E-state index in [1.54, 1.807) is 6.07 Å². The first kappa shape index (κ1) is 10.3. The fraction of sp³-hybridized carbons (Fsp3) is 0.0667. The highest BCUT2D eigenvalue weighted by Crippen LogP contribution is 2.18. The zero-order valence-corrected chi connectivity index (χ0v) is 9.07. The van der Waals surface area contributed by atoms with Gasteiger partial charge in [0, 0.05) is 5.56 Å². The molecular formula is C15H12O. The highest BCUT2D eigenvalue weighted by atomic mass is 16.3.